The van der Waals surface area contributed by atoms with Crippen LogP contribution in [0.15, 0.2) is 109 Å². The Balaban J connectivity index is 1.22. The highest BCUT2D eigenvalue weighted by atomic mass is 16.2. The molecule has 5 aromatic rings. The molecule has 1 aromatic heterocycles. The molecule has 6 N–H and O–H groups in total. The molecule has 1 heterocycles. The number of primary amides is 1. The Hall–Kier alpha value is -5.70. The number of carbonyl (C=O) groups is 4. The van der Waals surface area contributed by atoms with E-state index in [1.807, 2.05) is 85.1 Å². The van der Waals surface area contributed by atoms with Gasteiger partial charge < -0.3 is 26.7 Å². The van der Waals surface area contributed by atoms with Crippen LogP contribution in [0.2, 0.25) is 0 Å². The summed E-state index contributed by atoms with van der Waals surface area (Å²) >= 11 is 0. The number of nitrogens with one attached hydrogen (secondary N) is 4. The molecule has 5 rings (SSSR count). The SMILES string of the molecule is CC(=O)NC(Cc1c[nH]c2ccccc12)C(=O)Nc1ccc(-c2ccc(C(=O)NC(Cc3ccccc3)C(N)=O)cc2)cc1. The summed E-state index contributed by atoms with van der Waals surface area (Å²) in [5.74, 6) is -1.61. The van der Waals surface area contributed by atoms with Gasteiger partial charge in [-0.25, -0.2) is 0 Å². The van der Waals surface area contributed by atoms with E-state index in [1.165, 1.54) is 6.92 Å². The summed E-state index contributed by atoms with van der Waals surface area (Å²) < 4.78 is 0. The van der Waals surface area contributed by atoms with Gasteiger partial charge in [-0.05, 0) is 52.6 Å². The number of hydrogen-bond acceptors (Lipinski definition) is 4. The number of anilines is 1. The topological polar surface area (TPSA) is 146 Å². The van der Waals surface area contributed by atoms with Gasteiger partial charge in [0.25, 0.3) is 5.91 Å². The number of fused-ring (bicyclic) bond motifs is 1. The van der Waals surface area contributed by atoms with Crippen LogP contribution in [0, 0.1) is 0 Å². The second-order valence-corrected chi connectivity index (χ2v) is 10.6. The average Bonchev–Trinajstić information content (AvgIpc) is 3.43. The van der Waals surface area contributed by atoms with Crippen molar-refractivity contribution >= 4 is 40.2 Å². The molecule has 2 unspecified atom stereocenters. The monoisotopic (exact) mass is 587 g/mol. The Labute approximate surface area is 254 Å². The van der Waals surface area contributed by atoms with Gasteiger partial charge in [0, 0.05) is 48.1 Å². The van der Waals surface area contributed by atoms with Crippen LogP contribution in [0.4, 0.5) is 5.69 Å². The third-order valence-electron chi connectivity index (χ3n) is 7.36. The van der Waals surface area contributed by atoms with Gasteiger partial charge in [-0.2, -0.15) is 0 Å². The summed E-state index contributed by atoms with van der Waals surface area (Å²) in [5.41, 5.74) is 11.1. The average molecular weight is 588 g/mol. The fourth-order valence-corrected chi connectivity index (χ4v) is 5.08. The van der Waals surface area contributed by atoms with Gasteiger partial charge >= 0.3 is 0 Å². The molecule has 4 aromatic carbocycles. The number of H-pyrrole nitrogens is 1. The quantitative estimate of drug-likeness (QED) is 0.156. The lowest BCUT2D eigenvalue weighted by molar-refractivity contribution is -0.125. The van der Waals surface area contributed by atoms with Gasteiger partial charge in [-0.15, -0.1) is 0 Å². The van der Waals surface area contributed by atoms with E-state index >= 15 is 0 Å². The first-order chi connectivity index (χ1) is 21.3. The van der Waals surface area contributed by atoms with Crippen molar-refractivity contribution in [2.24, 2.45) is 5.73 Å². The second kappa shape index (κ2) is 13.5. The van der Waals surface area contributed by atoms with E-state index in [9.17, 15) is 19.2 Å². The lowest BCUT2D eigenvalue weighted by Gasteiger charge is -2.18. The number of hydrogen-bond donors (Lipinski definition) is 5. The fourth-order valence-electron chi connectivity index (χ4n) is 5.08. The molecule has 0 bridgehead atoms. The van der Waals surface area contributed by atoms with E-state index in [-0.39, 0.29) is 11.8 Å². The van der Waals surface area contributed by atoms with Crippen molar-refractivity contribution in [3.8, 4) is 11.1 Å². The predicted octanol–water partition coefficient (Wildman–Crippen LogP) is 4.35. The van der Waals surface area contributed by atoms with E-state index in [4.69, 9.17) is 5.73 Å². The Bertz CT molecular complexity index is 1780. The van der Waals surface area contributed by atoms with Crippen LogP contribution in [0.1, 0.15) is 28.4 Å². The summed E-state index contributed by atoms with van der Waals surface area (Å²) in [5, 5.41) is 9.39. The van der Waals surface area contributed by atoms with Crippen LogP contribution in [0.5, 0.6) is 0 Å². The van der Waals surface area contributed by atoms with Gasteiger partial charge in [-0.3, -0.25) is 19.2 Å². The molecule has 0 aliphatic heterocycles. The van der Waals surface area contributed by atoms with Crippen molar-refractivity contribution in [1.82, 2.24) is 15.6 Å². The van der Waals surface area contributed by atoms with Crippen LogP contribution < -0.4 is 21.7 Å². The standard InChI is InChI=1S/C35H33N5O4/c1-22(41)38-32(20-27-21-37-30-10-6-5-9-29(27)30)35(44)39-28-17-15-25(16-18-28)24-11-13-26(14-12-24)34(43)40-31(33(36)42)19-23-7-3-2-4-8-23/h2-18,21,31-32,37H,19-20H2,1H3,(H2,36,42)(H,38,41)(H,39,44)(H,40,43). The first-order valence-corrected chi connectivity index (χ1v) is 14.2. The zero-order valence-corrected chi connectivity index (χ0v) is 24.2. The number of para-hydroxylation sites is 1. The summed E-state index contributed by atoms with van der Waals surface area (Å²) in [6.45, 7) is 1.39. The maximum Gasteiger partial charge on any atom is 0.251 e. The highest BCUT2D eigenvalue weighted by molar-refractivity contribution is 5.99. The highest BCUT2D eigenvalue weighted by Gasteiger charge is 2.22. The molecule has 0 spiro atoms. The second-order valence-electron chi connectivity index (χ2n) is 10.6. The molecule has 0 fully saturated rings. The van der Waals surface area contributed by atoms with E-state index in [0.717, 1.165) is 33.2 Å². The van der Waals surface area contributed by atoms with Crippen molar-refractivity contribution in [3.05, 3.63) is 126 Å². The van der Waals surface area contributed by atoms with E-state index in [0.29, 0.717) is 24.1 Å². The Morgan fingerprint density at radius 3 is 2.02 bits per heavy atom. The van der Waals surface area contributed by atoms with Crippen LogP contribution in [-0.4, -0.2) is 40.7 Å². The number of aromatic amines is 1. The number of benzene rings is 4. The minimum atomic E-state index is -0.833. The van der Waals surface area contributed by atoms with Crippen molar-refractivity contribution in [3.63, 3.8) is 0 Å². The van der Waals surface area contributed by atoms with E-state index in [2.05, 4.69) is 20.9 Å². The zero-order chi connectivity index (χ0) is 31.1. The first-order valence-electron chi connectivity index (χ1n) is 14.2. The molecule has 0 aliphatic carbocycles. The van der Waals surface area contributed by atoms with Gasteiger partial charge in [0.2, 0.25) is 17.7 Å². The van der Waals surface area contributed by atoms with Crippen LogP contribution in [-0.2, 0) is 27.2 Å². The molecule has 9 heteroatoms. The summed E-state index contributed by atoms with van der Waals surface area (Å²) in [7, 11) is 0. The van der Waals surface area contributed by atoms with Crippen molar-refractivity contribution < 1.29 is 19.2 Å². The maximum atomic E-state index is 13.2. The number of amides is 4. The third kappa shape index (κ3) is 7.38. The van der Waals surface area contributed by atoms with E-state index < -0.39 is 23.9 Å². The third-order valence-corrected chi connectivity index (χ3v) is 7.36. The molecule has 4 amide bonds. The van der Waals surface area contributed by atoms with Crippen LogP contribution >= 0.6 is 0 Å². The molecular weight excluding hydrogens is 554 g/mol. The molecular formula is C35H33N5O4. The molecule has 0 aliphatic rings. The first kappa shape index (κ1) is 29.8. The van der Waals surface area contributed by atoms with Crippen molar-refractivity contribution in [2.45, 2.75) is 31.8 Å². The van der Waals surface area contributed by atoms with Crippen LogP contribution in [0.25, 0.3) is 22.0 Å². The van der Waals surface area contributed by atoms with Crippen LogP contribution in [0.3, 0.4) is 0 Å². The van der Waals surface area contributed by atoms with Crippen molar-refractivity contribution in [1.29, 1.82) is 0 Å². The summed E-state index contributed by atoms with van der Waals surface area (Å²) in [6.07, 6.45) is 2.49. The number of aromatic nitrogens is 1. The van der Waals surface area contributed by atoms with E-state index in [1.54, 1.807) is 24.3 Å². The Morgan fingerprint density at radius 2 is 1.36 bits per heavy atom. The van der Waals surface area contributed by atoms with Gasteiger partial charge in [0.15, 0.2) is 0 Å². The predicted molar refractivity (Wildman–Crippen MR) is 171 cm³/mol. The molecule has 222 valence electrons. The summed E-state index contributed by atoms with van der Waals surface area (Å²) in [6, 6.07) is 29.9. The lowest BCUT2D eigenvalue weighted by Crippen LogP contribution is -2.45. The molecule has 0 radical (unpaired) electrons. The lowest BCUT2D eigenvalue weighted by atomic mass is 10.0. The molecule has 44 heavy (non-hydrogen) atoms. The number of rotatable bonds is 11. The normalized spacial score (nSPS) is 12.2. The molecule has 2 atom stereocenters. The maximum absolute atomic E-state index is 13.2. The number of nitrogens with two attached hydrogens (primary N) is 1. The van der Waals surface area contributed by atoms with Gasteiger partial charge in [0.1, 0.15) is 12.1 Å². The van der Waals surface area contributed by atoms with Crippen molar-refractivity contribution in [2.75, 3.05) is 5.32 Å². The largest absolute Gasteiger partial charge is 0.368 e. The summed E-state index contributed by atoms with van der Waals surface area (Å²) in [4.78, 5) is 53.1. The zero-order valence-electron chi connectivity index (χ0n) is 24.2. The molecule has 0 saturated heterocycles. The minimum absolute atomic E-state index is 0.293. The van der Waals surface area contributed by atoms with Gasteiger partial charge in [0.05, 0.1) is 0 Å². The molecule has 0 saturated carbocycles. The fraction of sp³-hybridized carbons (Fsp3) is 0.143. The van der Waals surface area contributed by atoms with Gasteiger partial charge in [-0.1, -0.05) is 72.8 Å². The minimum Gasteiger partial charge on any atom is -0.368 e. The Kier molecular flexibility index (Phi) is 9.15. The molecule has 9 nitrogen and oxygen atoms in total. The number of carbonyl (C=O) groups excluding carboxylic acids is 4. The smallest absolute Gasteiger partial charge is 0.251 e. The Morgan fingerprint density at radius 1 is 0.727 bits per heavy atom. The highest BCUT2D eigenvalue weighted by Crippen LogP contribution is 2.23.